The summed E-state index contributed by atoms with van der Waals surface area (Å²) in [5.74, 6) is -0.367. The Kier molecular flexibility index (Phi) is 5.80. The lowest BCUT2D eigenvalue weighted by molar-refractivity contribution is -0.132. The van der Waals surface area contributed by atoms with Crippen LogP contribution >= 0.6 is 0 Å². The van der Waals surface area contributed by atoms with Gasteiger partial charge in [0.2, 0.25) is 5.91 Å². The van der Waals surface area contributed by atoms with E-state index in [0.717, 1.165) is 17.5 Å². The fraction of sp³-hybridized carbons (Fsp3) is 0.500. The molecule has 0 aliphatic rings. The predicted molar refractivity (Wildman–Crippen MR) is 93.5 cm³/mol. The van der Waals surface area contributed by atoms with Crippen LogP contribution < -0.4 is 5.69 Å². The van der Waals surface area contributed by atoms with Crippen molar-refractivity contribution >= 4 is 16.9 Å². The van der Waals surface area contributed by atoms with Gasteiger partial charge in [-0.3, -0.25) is 13.9 Å². The van der Waals surface area contributed by atoms with Gasteiger partial charge in [-0.15, -0.1) is 0 Å². The highest BCUT2D eigenvalue weighted by Crippen LogP contribution is 2.13. The Balaban J connectivity index is 2.36. The van der Waals surface area contributed by atoms with Crippen molar-refractivity contribution in [2.75, 3.05) is 13.1 Å². The molecule has 0 N–H and O–H groups in total. The lowest BCUT2D eigenvalue weighted by atomic mass is 10.2. The molecule has 6 heteroatoms. The number of para-hydroxylation sites is 2. The smallest absolute Gasteiger partial charge is 0.329 e. The molecule has 0 spiro atoms. The Bertz CT molecular complexity index is 813. The fourth-order valence-corrected chi connectivity index (χ4v) is 2.88. The van der Waals surface area contributed by atoms with Crippen LogP contribution in [0.5, 0.6) is 0 Å². The number of rotatable bonds is 7. The van der Waals surface area contributed by atoms with Crippen molar-refractivity contribution in [2.24, 2.45) is 5.92 Å². The highest BCUT2D eigenvalue weighted by atomic mass is 16.2. The standard InChI is InChI=1S/C18H24N4O2/c1-4-10-21-15-8-6-7-9-16(15)22(18(21)24)13-17(23)20(5-2)12-14(3)11-19/h6-9,14H,4-5,10,12-13H2,1-3H3. The third-order valence-electron chi connectivity index (χ3n) is 4.11. The van der Waals surface area contributed by atoms with Crippen molar-refractivity contribution in [3.63, 3.8) is 0 Å². The molecule has 0 aliphatic carbocycles. The zero-order valence-electron chi connectivity index (χ0n) is 14.5. The number of nitrogens with zero attached hydrogens (tertiary/aromatic N) is 4. The number of carbonyl (C=O) groups excluding carboxylic acids is 1. The fourth-order valence-electron chi connectivity index (χ4n) is 2.88. The first kappa shape index (κ1) is 17.8. The number of likely N-dealkylation sites (N-methyl/N-ethyl adjacent to an activating group) is 1. The van der Waals surface area contributed by atoms with E-state index in [0.29, 0.717) is 19.6 Å². The van der Waals surface area contributed by atoms with Gasteiger partial charge < -0.3 is 4.90 Å². The summed E-state index contributed by atoms with van der Waals surface area (Å²) >= 11 is 0. The van der Waals surface area contributed by atoms with Gasteiger partial charge in [-0.1, -0.05) is 19.1 Å². The molecule has 1 atom stereocenters. The SMILES string of the molecule is CCCn1c(=O)n(CC(=O)N(CC)CC(C)C#N)c2ccccc21. The van der Waals surface area contributed by atoms with E-state index in [1.807, 2.05) is 38.1 Å². The van der Waals surface area contributed by atoms with Crippen molar-refractivity contribution in [1.82, 2.24) is 14.0 Å². The van der Waals surface area contributed by atoms with Crippen molar-refractivity contribution in [2.45, 2.75) is 40.3 Å². The van der Waals surface area contributed by atoms with Gasteiger partial charge in [-0.25, -0.2) is 4.79 Å². The van der Waals surface area contributed by atoms with E-state index in [2.05, 4.69) is 6.07 Å². The summed E-state index contributed by atoms with van der Waals surface area (Å²) in [6.45, 7) is 7.22. The molecule has 1 amide bonds. The first-order valence-corrected chi connectivity index (χ1v) is 8.38. The number of fused-ring (bicyclic) bond motifs is 1. The summed E-state index contributed by atoms with van der Waals surface area (Å²) in [7, 11) is 0. The summed E-state index contributed by atoms with van der Waals surface area (Å²) in [6.07, 6.45) is 0.850. The van der Waals surface area contributed by atoms with E-state index in [-0.39, 0.29) is 24.1 Å². The topological polar surface area (TPSA) is 71.0 Å². The summed E-state index contributed by atoms with van der Waals surface area (Å²) in [5, 5.41) is 8.95. The van der Waals surface area contributed by atoms with Crippen LogP contribution in [0.25, 0.3) is 11.0 Å². The zero-order valence-corrected chi connectivity index (χ0v) is 14.5. The third-order valence-corrected chi connectivity index (χ3v) is 4.11. The first-order chi connectivity index (χ1) is 11.5. The predicted octanol–water partition coefficient (Wildman–Crippen LogP) is 2.22. The van der Waals surface area contributed by atoms with Crippen molar-refractivity contribution in [1.29, 1.82) is 5.26 Å². The van der Waals surface area contributed by atoms with Crippen LogP contribution in [0.4, 0.5) is 0 Å². The van der Waals surface area contributed by atoms with Gasteiger partial charge >= 0.3 is 5.69 Å². The van der Waals surface area contributed by atoms with Gasteiger partial charge in [-0.2, -0.15) is 5.26 Å². The third kappa shape index (κ3) is 3.51. The maximum atomic E-state index is 12.7. The molecule has 0 saturated heterocycles. The molecule has 24 heavy (non-hydrogen) atoms. The maximum Gasteiger partial charge on any atom is 0.329 e. The van der Waals surface area contributed by atoms with Gasteiger partial charge in [-0.05, 0) is 32.4 Å². The zero-order chi connectivity index (χ0) is 17.7. The maximum absolute atomic E-state index is 12.7. The van der Waals surface area contributed by atoms with Crippen LogP contribution in [0.3, 0.4) is 0 Å². The van der Waals surface area contributed by atoms with Gasteiger partial charge in [0, 0.05) is 19.6 Å². The number of aromatic nitrogens is 2. The molecule has 0 fully saturated rings. The molecule has 1 heterocycles. The first-order valence-electron chi connectivity index (χ1n) is 8.38. The molecule has 2 aromatic rings. The largest absolute Gasteiger partial charge is 0.340 e. The van der Waals surface area contributed by atoms with E-state index in [9.17, 15) is 9.59 Å². The summed E-state index contributed by atoms with van der Waals surface area (Å²) < 4.78 is 3.25. The lowest BCUT2D eigenvalue weighted by Gasteiger charge is -2.22. The molecular weight excluding hydrogens is 304 g/mol. The second-order valence-electron chi connectivity index (χ2n) is 5.97. The number of carbonyl (C=O) groups is 1. The molecule has 0 saturated carbocycles. The van der Waals surface area contributed by atoms with Crippen molar-refractivity contribution in [3.8, 4) is 6.07 Å². The molecule has 2 rings (SSSR count). The average Bonchev–Trinajstić information content (AvgIpc) is 2.85. The lowest BCUT2D eigenvalue weighted by Crippen LogP contribution is -2.38. The number of imidazole rings is 1. The molecule has 1 unspecified atom stereocenters. The minimum absolute atomic E-state index is 0.00203. The van der Waals surface area contributed by atoms with Crippen LogP contribution in [-0.2, 0) is 17.9 Å². The molecule has 6 nitrogen and oxygen atoms in total. The molecule has 0 bridgehead atoms. The highest BCUT2D eigenvalue weighted by Gasteiger charge is 2.19. The number of hydrogen-bond donors (Lipinski definition) is 0. The van der Waals surface area contributed by atoms with Gasteiger partial charge in [0.05, 0.1) is 23.0 Å². The minimum atomic E-state index is -0.230. The van der Waals surface area contributed by atoms with Crippen LogP contribution in [0.2, 0.25) is 0 Å². The van der Waals surface area contributed by atoms with Gasteiger partial charge in [0.15, 0.2) is 0 Å². The highest BCUT2D eigenvalue weighted by molar-refractivity contribution is 5.81. The molecule has 128 valence electrons. The molecular formula is C18H24N4O2. The number of amides is 1. The normalized spacial score (nSPS) is 12.1. The number of benzene rings is 1. The molecule has 1 aromatic carbocycles. The second kappa shape index (κ2) is 7.82. The van der Waals surface area contributed by atoms with E-state index >= 15 is 0 Å². The van der Waals surface area contributed by atoms with Gasteiger partial charge in [0.1, 0.15) is 6.54 Å². The monoisotopic (exact) mass is 328 g/mol. The van der Waals surface area contributed by atoms with E-state index in [4.69, 9.17) is 5.26 Å². The number of nitriles is 1. The van der Waals surface area contributed by atoms with Crippen LogP contribution in [0.15, 0.2) is 29.1 Å². The van der Waals surface area contributed by atoms with Crippen LogP contribution in [0.1, 0.15) is 27.2 Å². The van der Waals surface area contributed by atoms with E-state index in [1.54, 1.807) is 16.4 Å². The quantitative estimate of drug-likeness (QED) is 0.782. The summed E-state index contributed by atoms with van der Waals surface area (Å²) in [4.78, 5) is 26.9. The Labute approximate surface area is 141 Å². The van der Waals surface area contributed by atoms with Gasteiger partial charge in [0.25, 0.3) is 0 Å². The minimum Gasteiger partial charge on any atom is -0.340 e. The number of hydrogen-bond acceptors (Lipinski definition) is 3. The van der Waals surface area contributed by atoms with Crippen LogP contribution in [-0.4, -0.2) is 33.0 Å². The molecule has 0 radical (unpaired) electrons. The summed E-state index contributed by atoms with van der Waals surface area (Å²) in [5.41, 5.74) is 1.47. The molecule has 0 aliphatic heterocycles. The average molecular weight is 328 g/mol. The Morgan fingerprint density at radius 2 is 1.88 bits per heavy atom. The number of aryl methyl sites for hydroxylation is 1. The Morgan fingerprint density at radius 3 is 2.42 bits per heavy atom. The van der Waals surface area contributed by atoms with Crippen molar-refractivity contribution in [3.05, 3.63) is 34.7 Å². The van der Waals surface area contributed by atoms with Crippen LogP contribution in [0, 0.1) is 17.2 Å². The summed E-state index contributed by atoms with van der Waals surface area (Å²) in [6, 6.07) is 9.68. The molecule has 1 aromatic heterocycles. The second-order valence-corrected chi connectivity index (χ2v) is 5.97. The van der Waals surface area contributed by atoms with Crippen molar-refractivity contribution < 1.29 is 4.79 Å². The van der Waals surface area contributed by atoms with E-state index in [1.165, 1.54) is 4.57 Å². The Morgan fingerprint density at radius 1 is 1.25 bits per heavy atom. The van der Waals surface area contributed by atoms with E-state index < -0.39 is 0 Å². The Hall–Kier alpha value is -2.55.